The highest BCUT2D eigenvalue weighted by Crippen LogP contribution is 2.30. The maximum Gasteiger partial charge on any atom is 0.321 e. The SMILES string of the molecule is O=C(O)C1C=C(c2ccc(Cl)cc2)N=C(Nc2ccccc2)S1. The molecule has 23 heavy (non-hydrogen) atoms. The Balaban J connectivity index is 1.92. The van der Waals surface area contributed by atoms with Crippen molar-refractivity contribution in [3.05, 3.63) is 71.3 Å². The van der Waals surface area contributed by atoms with Crippen LogP contribution in [-0.2, 0) is 4.79 Å². The molecule has 1 unspecified atom stereocenters. The van der Waals surface area contributed by atoms with E-state index in [0.29, 0.717) is 15.9 Å². The lowest BCUT2D eigenvalue weighted by Crippen LogP contribution is -2.23. The van der Waals surface area contributed by atoms with Crippen molar-refractivity contribution in [2.45, 2.75) is 5.25 Å². The molecule has 3 rings (SSSR count). The van der Waals surface area contributed by atoms with Gasteiger partial charge < -0.3 is 10.4 Å². The molecule has 0 amide bonds. The Hall–Kier alpha value is -2.24. The fourth-order valence-corrected chi connectivity index (χ4v) is 3.07. The molecule has 4 nitrogen and oxygen atoms in total. The molecule has 0 aromatic heterocycles. The molecule has 0 radical (unpaired) electrons. The zero-order valence-electron chi connectivity index (χ0n) is 11.9. The van der Waals surface area contributed by atoms with Crippen molar-refractivity contribution in [1.82, 2.24) is 0 Å². The predicted octanol–water partition coefficient (Wildman–Crippen LogP) is 4.35. The maximum absolute atomic E-state index is 11.4. The normalized spacial score (nSPS) is 17.2. The molecule has 1 aliphatic heterocycles. The smallest absolute Gasteiger partial charge is 0.321 e. The Kier molecular flexibility index (Phi) is 4.69. The number of aliphatic carboxylic acids is 1. The fourth-order valence-electron chi connectivity index (χ4n) is 2.08. The highest BCUT2D eigenvalue weighted by atomic mass is 35.5. The summed E-state index contributed by atoms with van der Waals surface area (Å²) in [5.41, 5.74) is 2.31. The Labute approximate surface area is 142 Å². The Morgan fingerprint density at radius 3 is 2.48 bits per heavy atom. The Bertz CT molecular complexity index is 773. The third-order valence-electron chi connectivity index (χ3n) is 3.18. The van der Waals surface area contributed by atoms with Gasteiger partial charge in [0.2, 0.25) is 0 Å². The van der Waals surface area contributed by atoms with Crippen LogP contribution >= 0.6 is 23.4 Å². The standard InChI is InChI=1S/C17H13ClN2O2S/c18-12-8-6-11(7-9-12)14-10-15(16(21)22)23-17(20-14)19-13-4-2-1-3-5-13/h1-10,15H,(H,19,20)(H,21,22). The number of amidine groups is 1. The number of nitrogens with zero attached hydrogens (tertiary/aromatic N) is 1. The van der Waals surface area contributed by atoms with Crippen LogP contribution in [0.3, 0.4) is 0 Å². The minimum absolute atomic E-state index is 0.552. The van der Waals surface area contributed by atoms with Gasteiger partial charge in [0.1, 0.15) is 5.25 Å². The van der Waals surface area contributed by atoms with Gasteiger partial charge in [0.25, 0.3) is 0 Å². The number of carboxylic acids is 1. The van der Waals surface area contributed by atoms with Crippen LogP contribution in [0.25, 0.3) is 5.70 Å². The van der Waals surface area contributed by atoms with Crippen molar-refractivity contribution in [2.75, 3.05) is 5.32 Å². The number of benzene rings is 2. The number of rotatable bonds is 3. The summed E-state index contributed by atoms with van der Waals surface area (Å²) in [6, 6.07) is 16.7. The van der Waals surface area contributed by atoms with Crippen LogP contribution in [0.1, 0.15) is 5.56 Å². The second-order valence-corrected chi connectivity index (χ2v) is 6.41. The number of carbonyl (C=O) groups is 1. The van der Waals surface area contributed by atoms with Gasteiger partial charge in [-0.1, -0.05) is 53.7 Å². The molecule has 0 aliphatic carbocycles. The number of halogens is 1. The van der Waals surface area contributed by atoms with Gasteiger partial charge in [0.15, 0.2) is 5.17 Å². The molecule has 116 valence electrons. The van der Waals surface area contributed by atoms with Crippen LogP contribution in [0.15, 0.2) is 65.7 Å². The number of anilines is 1. The zero-order valence-corrected chi connectivity index (χ0v) is 13.5. The number of carboxylic acid groups (broad SMARTS) is 1. The van der Waals surface area contributed by atoms with Gasteiger partial charge in [-0.05, 0) is 30.3 Å². The van der Waals surface area contributed by atoms with Crippen molar-refractivity contribution in [3.63, 3.8) is 0 Å². The van der Waals surface area contributed by atoms with Gasteiger partial charge in [-0.2, -0.15) is 0 Å². The van der Waals surface area contributed by atoms with E-state index >= 15 is 0 Å². The number of aliphatic imine (C=N–C) groups is 1. The molecule has 2 aromatic carbocycles. The lowest BCUT2D eigenvalue weighted by atomic mass is 10.1. The third kappa shape index (κ3) is 3.94. The molecule has 1 aliphatic rings. The summed E-state index contributed by atoms with van der Waals surface area (Å²) in [6.45, 7) is 0. The summed E-state index contributed by atoms with van der Waals surface area (Å²) >= 11 is 7.07. The number of para-hydroxylation sites is 1. The molecule has 0 saturated carbocycles. The molecular formula is C17H13ClN2O2S. The van der Waals surface area contributed by atoms with Crippen molar-refractivity contribution in [2.24, 2.45) is 4.99 Å². The molecule has 6 heteroatoms. The van der Waals surface area contributed by atoms with E-state index in [2.05, 4.69) is 10.3 Å². The van der Waals surface area contributed by atoms with E-state index in [4.69, 9.17) is 11.6 Å². The quantitative estimate of drug-likeness (QED) is 0.869. The monoisotopic (exact) mass is 344 g/mol. The van der Waals surface area contributed by atoms with Gasteiger partial charge in [-0.3, -0.25) is 4.79 Å². The average molecular weight is 345 g/mol. The van der Waals surface area contributed by atoms with Crippen molar-refractivity contribution < 1.29 is 9.90 Å². The molecule has 1 heterocycles. The average Bonchev–Trinajstić information content (AvgIpc) is 2.56. The topological polar surface area (TPSA) is 61.7 Å². The van der Waals surface area contributed by atoms with Crippen LogP contribution in [0.5, 0.6) is 0 Å². The second-order valence-electron chi connectivity index (χ2n) is 4.84. The summed E-state index contributed by atoms with van der Waals surface area (Å²) in [5.74, 6) is -0.899. The first-order valence-corrected chi connectivity index (χ1v) is 8.15. The lowest BCUT2D eigenvalue weighted by Gasteiger charge is -2.19. The molecule has 0 fully saturated rings. The summed E-state index contributed by atoms with van der Waals surface area (Å²) in [6.07, 6.45) is 1.65. The molecular weight excluding hydrogens is 332 g/mol. The largest absolute Gasteiger partial charge is 0.480 e. The first-order valence-electron chi connectivity index (χ1n) is 6.90. The van der Waals surface area contributed by atoms with Crippen molar-refractivity contribution in [3.8, 4) is 0 Å². The summed E-state index contributed by atoms with van der Waals surface area (Å²) < 4.78 is 0. The zero-order chi connectivity index (χ0) is 16.2. The first-order chi connectivity index (χ1) is 11.1. The van der Waals surface area contributed by atoms with E-state index in [1.54, 1.807) is 18.2 Å². The van der Waals surface area contributed by atoms with E-state index in [9.17, 15) is 9.90 Å². The van der Waals surface area contributed by atoms with E-state index in [1.165, 1.54) is 11.8 Å². The minimum Gasteiger partial charge on any atom is -0.480 e. The fraction of sp³-hybridized carbons (Fsp3) is 0.0588. The Morgan fingerprint density at radius 2 is 1.83 bits per heavy atom. The molecule has 1 atom stereocenters. The summed E-state index contributed by atoms with van der Waals surface area (Å²) in [4.78, 5) is 15.9. The number of hydrogen-bond donors (Lipinski definition) is 2. The van der Waals surface area contributed by atoms with Crippen LogP contribution in [0, 0.1) is 0 Å². The molecule has 0 spiro atoms. The summed E-state index contributed by atoms with van der Waals surface area (Å²) in [5, 5.41) is 13.0. The molecule has 0 saturated heterocycles. The number of nitrogens with one attached hydrogen (secondary N) is 1. The van der Waals surface area contributed by atoms with Crippen molar-refractivity contribution in [1.29, 1.82) is 0 Å². The Morgan fingerprint density at radius 1 is 1.13 bits per heavy atom. The second kappa shape index (κ2) is 6.89. The summed E-state index contributed by atoms with van der Waals surface area (Å²) in [7, 11) is 0. The van der Waals surface area contributed by atoms with Gasteiger partial charge >= 0.3 is 5.97 Å². The molecule has 2 N–H and O–H groups in total. The molecule has 2 aromatic rings. The number of hydrogen-bond acceptors (Lipinski definition) is 4. The minimum atomic E-state index is -0.899. The van der Waals surface area contributed by atoms with E-state index in [0.717, 1.165) is 11.3 Å². The van der Waals surface area contributed by atoms with Gasteiger partial charge in [0, 0.05) is 16.3 Å². The maximum atomic E-state index is 11.4. The van der Waals surface area contributed by atoms with E-state index < -0.39 is 11.2 Å². The first kappa shape index (κ1) is 15.6. The van der Waals surface area contributed by atoms with Crippen LogP contribution < -0.4 is 5.32 Å². The van der Waals surface area contributed by atoms with Gasteiger partial charge in [0.05, 0.1) is 5.70 Å². The highest BCUT2D eigenvalue weighted by molar-refractivity contribution is 8.15. The van der Waals surface area contributed by atoms with Gasteiger partial charge in [-0.25, -0.2) is 4.99 Å². The van der Waals surface area contributed by atoms with Crippen LogP contribution in [0.4, 0.5) is 5.69 Å². The predicted molar refractivity (Wildman–Crippen MR) is 95.9 cm³/mol. The van der Waals surface area contributed by atoms with Gasteiger partial charge in [-0.15, -0.1) is 0 Å². The van der Waals surface area contributed by atoms with Crippen molar-refractivity contribution >= 4 is 45.9 Å². The van der Waals surface area contributed by atoms with E-state index in [-0.39, 0.29) is 0 Å². The van der Waals surface area contributed by atoms with E-state index in [1.807, 2.05) is 42.5 Å². The lowest BCUT2D eigenvalue weighted by molar-refractivity contribution is -0.135. The van der Waals surface area contributed by atoms with Crippen LogP contribution in [-0.4, -0.2) is 21.5 Å². The van der Waals surface area contributed by atoms with Crippen LogP contribution in [0.2, 0.25) is 5.02 Å². The highest BCUT2D eigenvalue weighted by Gasteiger charge is 2.24. The number of thioether (sulfide) groups is 1. The third-order valence-corrected chi connectivity index (χ3v) is 4.44. The molecule has 0 bridgehead atoms.